The number of hydrogen-bond acceptors (Lipinski definition) is 8. The largest absolute Gasteiger partial charge is 0.493 e. The van der Waals surface area contributed by atoms with Crippen LogP contribution in [0.15, 0.2) is 36.7 Å². The Kier molecular flexibility index (Phi) is 8.24. The lowest BCUT2D eigenvalue weighted by Crippen LogP contribution is -2.43. The first-order chi connectivity index (χ1) is 17.8. The van der Waals surface area contributed by atoms with Gasteiger partial charge in [0.05, 0.1) is 29.4 Å². The van der Waals surface area contributed by atoms with Crippen molar-refractivity contribution in [2.45, 2.75) is 25.5 Å². The van der Waals surface area contributed by atoms with Crippen LogP contribution < -0.4 is 25.4 Å². The number of fused-ring (bicyclic) bond motifs is 1. The van der Waals surface area contributed by atoms with E-state index in [0.717, 1.165) is 0 Å². The molecule has 0 unspecified atom stereocenters. The third kappa shape index (κ3) is 6.17. The second-order valence-corrected chi connectivity index (χ2v) is 9.08. The Hall–Kier alpha value is -3.70. The van der Waals surface area contributed by atoms with Crippen molar-refractivity contribution in [1.29, 1.82) is 0 Å². The molecular formula is C25H28ClFN6O4. The Labute approximate surface area is 218 Å². The number of rotatable bonds is 9. The van der Waals surface area contributed by atoms with Crippen LogP contribution in [-0.4, -0.2) is 72.6 Å². The summed E-state index contributed by atoms with van der Waals surface area (Å²) < 4.78 is 26.3. The third-order valence-corrected chi connectivity index (χ3v) is 6.32. The van der Waals surface area contributed by atoms with Crippen LogP contribution in [0.25, 0.3) is 10.9 Å². The Morgan fingerprint density at radius 2 is 1.97 bits per heavy atom. The van der Waals surface area contributed by atoms with E-state index >= 15 is 0 Å². The predicted octanol–water partition coefficient (Wildman–Crippen LogP) is 2.88. The summed E-state index contributed by atoms with van der Waals surface area (Å²) in [7, 11) is 3.39. The zero-order valence-corrected chi connectivity index (χ0v) is 21.4. The molecule has 1 aromatic heterocycles. The first kappa shape index (κ1) is 26.4. The van der Waals surface area contributed by atoms with Gasteiger partial charge in [-0.2, -0.15) is 0 Å². The van der Waals surface area contributed by atoms with Crippen LogP contribution in [-0.2, 0) is 9.59 Å². The minimum Gasteiger partial charge on any atom is -0.493 e. The summed E-state index contributed by atoms with van der Waals surface area (Å²) in [5.41, 5.74) is 0.750. The van der Waals surface area contributed by atoms with Crippen molar-refractivity contribution in [2.24, 2.45) is 0 Å². The number of methoxy groups -OCH3 is 1. The highest BCUT2D eigenvalue weighted by atomic mass is 35.5. The molecule has 0 bridgehead atoms. The van der Waals surface area contributed by atoms with E-state index in [4.69, 9.17) is 21.1 Å². The van der Waals surface area contributed by atoms with Gasteiger partial charge in [0.2, 0.25) is 11.8 Å². The van der Waals surface area contributed by atoms with E-state index in [2.05, 4.69) is 25.9 Å². The number of aromatic nitrogens is 2. The number of ether oxygens (including phenoxy) is 2. The molecule has 0 spiro atoms. The Morgan fingerprint density at radius 1 is 1.19 bits per heavy atom. The SMILES string of the molecule is COc1cc2ncnc(Nc3cccc(Cl)c3F)c2cc1O[C@H]1C[C@H](C(=O)NCCNC(C)=O)N(C)C1. The Bertz CT molecular complexity index is 1310. The molecule has 10 nitrogen and oxygen atoms in total. The van der Waals surface area contributed by atoms with E-state index in [9.17, 15) is 14.0 Å². The van der Waals surface area contributed by atoms with E-state index in [1.807, 2.05) is 11.9 Å². The van der Waals surface area contributed by atoms with Crippen molar-refractivity contribution in [1.82, 2.24) is 25.5 Å². The molecule has 2 amide bonds. The summed E-state index contributed by atoms with van der Waals surface area (Å²) in [5.74, 6) is 0.427. The van der Waals surface area contributed by atoms with Gasteiger partial charge in [-0.3, -0.25) is 14.5 Å². The van der Waals surface area contributed by atoms with Gasteiger partial charge in [-0.15, -0.1) is 0 Å². The normalized spacial score (nSPS) is 17.4. The van der Waals surface area contributed by atoms with Crippen molar-refractivity contribution < 1.29 is 23.5 Å². The molecule has 1 aliphatic heterocycles. The molecule has 12 heteroatoms. The summed E-state index contributed by atoms with van der Waals surface area (Å²) >= 11 is 5.92. The monoisotopic (exact) mass is 530 g/mol. The Morgan fingerprint density at radius 3 is 2.73 bits per heavy atom. The number of halogens is 2. The van der Waals surface area contributed by atoms with Gasteiger partial charge in [0, 0.05) is 44.4 Å². The average Bonchev–Trinajstić information content (AvgIpc) is 3.24. The molecule has 3 aromatic rings. The molecule has 196 valence electrons. The first-order valence-corrected chi connectivity index (χ1v) is 12.1. The number of anilines is 2. The number of carbonyl (C=O) groups excluding carboxylic acids is 2. The number of nitrogens with zero attached hydrogens (tertiary/aromatic N) is 3. The van der Waals surface area contributed by atoms with Gasteiger partial charge in [0.15, 0.2) is 17.3 Å². The molecule has 1 fully saturated rings. The maximum absolute atomic E-state index is 14.5. The molecule has 2 heterocycles. The topological polar surface area (TPSA) is 118 Å². The third-order valence-electron chi connectivity index (χ3n) is 6.03. The summed E-state index contributed by atoms with van der Waals surface area (Å²) in [5, 5.41) is 9.06. The Balaban J connectivity index is 1.52. The first-order valence-electron chi connectivity index (χ1n) is 11.7. The molecule has 2 aromatic carbocycles. The van der Waals surface area contributed by atoms with E-state index in [1.54, 1.807) is 24.3 Å². The summed E-state index contributed by atoms with van der Waals surface area (Å²) in [6, 6.07) is 7.74. The smallest absolute Gasteiger partial charge is 0.237 e. The highest BCUT2D eigenvalue weighted by molar-refractivity contribution is 6.31. The second-order valence-electron chi connectivity index (χ2n) is 8.67. The van der Waals surface area contributed by atoms with Crippen LogP contribution in [0.2, 0.25) is 5.02 Å². The highest BCUT2D eigenvalue weighted by Gasteiger charge is 2.36. The van der Waals surface area contributed by atoms with Crippen LogP contribution >= 0.6 is 11.6 Å². The number of likely N-dealkylation sites (tertiary alicyclic amines) is 1. The van der Waals surface area contributed by atoms with Gasteiger partial charge < -0.3 is 25.4 Å². The van der Waals surface area contributed by atoms with Gasteiger partial charge in [-0.25, -0.2) is 14.4 Å². The zero-order chi connectivity index (χ0) is 26.5. The standard InChI is InChI=1S/C25H28ClFN6O4/c1-14(34)28-7-8-29-25(35)20-9-15(12-33(20)2)37-22-10-16-19(11-21(22)36-3)30-13-31-24(16)32-18-6-4-5-17(26)23(18)27/h4-6,10-11,13,15,20H,7-9,12H2,1-3H3,(H,28,34)(H,29,35)(H,30,31,32)/t15-,20+/m0/s1. The van der Waals surface area contributed by atoms with Crippen molar-refractivity contribution in [2.75, 3.05) is 39.1 Å². The summed E-state index contributed by atoms with van der Waals surface area (Å²) in [4.78, 5) is 34.2. The minimum absolute atomic E-state index is 0.00638. The molecule has 0 aliphatic carbocycles. The van der Waals surface area contributed by atoms with Crippen LogP contribution in [0.1, 0.15) is 13.3 Å². The fourth-order valence-electron chi connectivity index (χ4n) is 4.21. The van der Waals surface area contributed by atoms with Gasteiger partial charge in [0.1, 0.15) is 18.2 Å². The maximum Gasteiger partial charge on any atom is 0.237 e. The average molecular weight is 531 g/mol. The fourth-order valence-corrected chi connectivity index (χ4v) is 4.38. The minimum atomic E-state index is -0.587. The quantitative estimate of drug-likeness (QED) is 0.362. The number of likely N-dealkylation sites (N-methyl/N-ethyl adjacent to an activating group) is 1. The lowest BCUT2D eigenvalue weighted by Gasteiger charge is -2.18. The molecule has 0 saturated carbocycles. The number of amides is 2. The summed E-state index contributed by atoms with van der Waals surface area (Å²) in [6.07, 6.45) is 1.55. The summed E-state index contributed by atoms with van der Waals surface area (Å²) in [6.45, 7) is 2.66. The van der Waals surface area contributed by atoms with E-state index in [-0.39, 0.29) is 34.7 Å². The lowest BCUT2D eigenvalue weighted by atomic mass is 10.1. The van der Waals surface area contributed by atoms with E-state index in [1.165, 1.54) is 26.4 Å². The molecule has 37 heavy (non-hydrogen) atoms. The lowest BCUT2D eigenvalue weighted by molar-refractivity contribution is -0.125. The number of nitrogens with one attached hydrogen (secondary N) is 3. The molecule has 4 rings (SSSR count). The molecule has 2 atom stereocenters. The maximum atomic E-state index is 14.5. The highest BCUT2D eigenvalue weighted by Crippen LogP contribution is 2.37. The van der Waals surface area contributed by atoms with Crippen LogP contribution in [0.3, 0.4) is 0 Å². The number of benzene rings is 2. The van der Waals surface area contributed by atoms with Crippen molar-refractivity contribution in [3.63, 3.8) is 0 Å². The van der Waals surface area contributed by atoms with Crippen molar-refractivity contribution >= 4 is 45.8 Å². The van der Waals surface area contributed by atoms with Gasteiger partial charge in [-0.05, 0) is 25.2 Å². The van der Waals surface area contributed by atoms with Gasteiger partial charge >= 0.3 is 0 Å². The van der Waals surface area contributed by atoms with E-state index in [0.29, 0.717) is 54.3 Å². The van der Waals surface area contributed by atoms with E-state index < -0.39 is 5.82 Å². The second kappa shape index (κ2) is 11.6. The number of carbonyl (C=O) groups is 2. The van der Waals surface area contributed by atoms with Gasteiger partial charge in [-0.1, -0.05) is 17.7 Å². The van der Waals surface area contributed by atoms with Crippen molar-refractivity contribution in [3.05, 3.63) is 47.5 Å². The molecule has 1 aliphatic rings. The van der Waals surface area contributed by atoms with Crippen LogP contribution in [0, 0.1) is 5.82 Å². The van der Waals surface area contributed by atoms with Crippen LogP contribution in [0.4, 0.5) is 15.9 Å². The molecular weight excluding hydrogens is 503 g/mol. The van der Waals surface area contributed by atoms with Crippen molar-refractivity contribution in [3.8, 4) is 11.5 Å². The molecule has 3 N–H and O–H groups in total. The van der Waals surface area contributed by atoms with Gasteiger partial charge in [0.25, 0.3) is 0 Å². The molecule has 1 saturated heterocycles. The predicted molar refractivity (Wildman–Crippen MR) is 138 cm³/mol. The fraction of sp³-hybridized carbons (Fsp3) is 0.360. The van der Waals surface area contributed by atoms with Crippen LogP contribution in [0.5, 0.6) is 11.5 Å². The molecule has 0 radical (unpaired) electrons. The zero-order valence-electron chi connectivity index (χ0n) is 20.7. The number of hydrogen-bond donors (Lipinski definition) is 3.